The number of nitrogens with zero attached hydrogens (tertiary/aromatic N) is 8. The summed E-state index contributed by atoms with van der Waals surface area (Å²) in [5, 5.41) is 34.0. The molecule has 0 aliphatic rings. The Morgan fingerprint density at radius 2 is 0.612 bits per heavy atom. The molecule has 10 heteroatoms. The van der Waals surface area contributed by atoms with E-state index in [9.17, 15) is 10.5 Å². The summed E-state index contributed by atoms with van der Waals surface area (Å²) in [6, 6.07) is 104. The molecular weight excluding hydrogens is 1200 g/mol. The Hall–Kier alpha value is -14.2. The van der Waals surface area contributed by atoms with Crippen LogP contribution in [0.2, 0.25) is 0 Å². The lowest BCUT2D eigenvalue weighted by molar-refractivity contribution is 0.669. The fraction of sp³-hybridized carbons (Fsp3) is 0. The molecule has 0 radical (unpaired) electrons. The molecule has 0 aliphatic carbocycles. The van der Waals surface area contributed by atoms with Gasteiger partial charge in [0.05, 0.1) is 96.5 Å². The van der Waals surface area contributed by atoms with E-state index in [2.05, 4.69) is 198 Å². The van der Waals surface area contributed by atoms with Crippen molar-refractivity contribution in [3.63, 3.8) is 0 Å². The first-order chi connectivity index (χ1) is 48.5. The van der Waals surface area contributed by atoms with Gasteiger partial charge in [0.25, 0.3) is 0 Å². The summed E-state index contributed by atoms with van der Waals surface area (Å²) in [6.07, 6.45) is 0. The number of para-hydroxylation sites is 8. The van der Waals surface area contributed by atoms with Gasteiger partial charge in [-0.3, -0.25) is 0 Å². The average Bonchev–Trinajstić information content (AvgIpc) is 1.56. The van der Waals surface area contributed by atoms with E-state index in [1.54, 1.807) is 0 Å². The molecular formula is C88H48N8O2. The Balaban J connectivity index is 0.000000137. The molecule has 0 bridgehead atoms. The van der Waals surface area contributed by atoms with Crippen LogP contribution < -0.4 is 0 Å². The van der Waals surface area contributed by atoms with E-state index in [1.165, 1.54) is 0 Å². The zero-order chi connectivity index (χ0) is 65.3. The summed E-state index contributed by atoms with van der Waals surface area (Å²) < 4.78 is 21.5. The second-order valence-corrected chi connectivity index (χ2v) is 24.6. The summed E-state index contributed by atoms with van der Waals surface area (Å²) in [6.45, 7) is 16.1. The third kappa shape index (κ3) is 8.17. The quantitative estimate of drug-likeness (QED) is 0.155. The normalized spacial score (nSPS) is 11.6. The Bertz CT molecular complexity index is 6900. The monoisotopic (exact) mass is 1250 g/mol. The predicted octanol–water partition coefficient (Wildman–Crippen LogP) is 23.7. The lowest BCUT2D eigenvalue weighted by Gasteiger charge is -2.15. The molecule has 10 nitrogen and oxygen atoms in total. The van der Waals surface area contributed by atoms with Gasteiger partial charge < -0.3 is 27.1 Å². The van der Waals surface area contributed by atoms with Crippen LogP contribution in [-0.4, -0.2) is 18.3 Å². The van der Waals surface area contributed by atoms with Crippen LogP contribution in [0.25, 0.3) is 186 Å². The fourth-order valence-corrected chi connectivity index (χ4v) is 15.3. The lowest BCUT2D eigenvalue weighted by atomic mass is 10.0. The van der Waals surface area contributed by atoms with Gasteiger partial charge >= 0.3 is 0 Å². The number of aromatic nitrogens is 4. The van der Waals surface area contributed by atoms with Crippen LogP contribution in [0.3, 0.4) is 0 Å². The Labute approximate surface area is 559 Å². The molecule has 0 saturated carbocycles. The fourth-order valence-electron chi connectivity index (χ4n) is 15.3. The van der Waals surface area contributed by atoms with Crippen LogP contribution in [-0.2, 0) is 0 Å². The van der Waals surface area contributed by atoms with Gasteiger partial charge in [-0.15, -0.1) is 0 Å². The van der Waals surface area contributed by atoms with E-state index in [0.29, 0.717) is 22.5 Å². The zero-order valence-corrected chi connectivity index (χ0v) is 52.1. The Morgan fingerprint density at radius 3 is 1.07 bits per heavy atom. The molecule has 6 heterocycles. The van der Waals surface area contributed by atoms with Crippen molar-refractivity contribution in [3.8, 4) is 57.1 Å². The first kappa shape index (κ1) is 55.5. The lowest BCUT2D eigenvalue weighted by Crippen LogP contribution is -1.99. The van der Waals surface area contributed by atoms with Crippen molar-refractivity contribution in [1.29, 1.82) is 10.5 Å². The second kappa shape index (κ2) is 21.7. The van der Waals surface area contributed by atoms with Crippen LogP contribution in [0.1, 0.15) is 11.1 Å². The molecule has 20 rings (SSSR count). The standard InChI is InChI=1S/2C44H24N4O/c1-46-35-22-20-28(25-41(35)47-36-14-6-2-10-30(36)31-11-3-7-15-37(31)47)27-18-19-29(26-45)40(24-27)48-38-16-8-4-13-34(38)43-39(48)23-21-33-32-12-5-9-17-42(32)49-44(33)43;1-46-34-21-20-28(25-40(34)47-35-14-6-2-10-30(35)31-11-3-7-15-36(31)47)27-18-19-29(26-45)39(24-27)48-37-16-8-4-12-32(37)43-38(48)22-23-42-44(43)33-13-5-9-17-41(33)49-42/h2*2-25H. The van der Waals surface area contributed by atoms with Crippen LogP contribution in [0.5, 0.6) is 0 Å². The van der Waals surface area contributed by atoms with E-state index < -0.39 is 0 Å². The summed E-state index contributed by atoms with van der Waals surface area (Å²) in [5.74, 6) is 0. The minimum absolute atomic E-state index is 0.566. The average molecular weight is 1250 g/mol. The molecule has 20 aromatic rings. The van der Waals surface area contributed by atoms with E-state index in [1.807, 2.05) is 133 Å². The van der Waals surface area contributed by atoms with Crippen LogP contribution in [0.15, 0.2) is 300 Å². The molecule has 452 valence electrons. The molecule has 0 N–H and O–H groups in total. The number of fused-ring (bicyclic) bond motifs is 20. The van der Waals surface area contributed by atoms with Gasteiger partial charge in [0.15, 0.2) is 0 Å². The van der Waals surface area contributed by atoms with Crippen molar-refractivity contribution in [3.05, 3.63) is 325 Å². The highest BCUT2D eigenvalue weighted by Gasteiger charge is 2.25. The van der Waals surface area contributed by atoms with Crippen molar-refractivity contribution in [2.45, 2.75) is 0 Å². The number of nitriles is 2. The van der Waals surface area contributed by atoms with Crippen molar-refractivity contribution in [2.24, 2.45) is 0 Å². The van der Waals surface area contributed by atoms with Crippen molar-refractivity contribution >= 4 is 142 Å². The molecule has 98 heavy (non-hydrogen) atoms. The predicted molar refractivity (Wildman–Crippen MR) is 398 cm³/mol. The maximum absolute atomic E-state index is 10.4. The van der Waals surface area contributed by atoms with Gasteiger partial charge in [0.1, 0.15) is 34.5 Å². The zero-order valence-electron chi connectivity index (χ0n) is 52.1. The number of hydrogen-bond acceptors (Lipinski definition) is 4. The van der Waals surface area contributed by atoms with Gasteiger partial charge in [-0.05, 0) is 131 Å². The smallest absolute Gasteiger partial charge is 0.210 e. The van der Waals surface area contributed by atoms with Gasteiger partial charge in [-0.2, -0.15) is 10.5 Å². The SMILES string of the molecule is [C-]#[N+]c1ccc(-c2ccc(C#N)c(-n3c4ccccc4c4c5c(ccc43)oc3ccccc35)c2)cc1-n1c2ccccc2c2ccccc21.[C-]#[N+]c1ccc(-c2ccc(C#N)c(-n3c4ccccc4c4c5oc6ccccc6c5ccc43)c2)cc1-n1c2ccccc2c2ccccc21. The van der Waals surface area contributed by atoms with Crippen molar-refractivity contribution in [2.75, 3.05) is 0 Å². The van der Waals surface area contributed by atoms with E-state index in [4.69, 9.17) is 22.0 Å². The van der Waals surface area contributed by atoms with Crippen molar-refractivity contribution in [1.82, 2.24) is 18.3 Å². The maximum atomic E-state index is 10.4. The van der Waals surface area contributed by atoms with Crippen LogP contribution in [0, 0.1) is 35.8 Å². The highest BCUT2D eigenvalue weighted by atomic mass is 16.3. The molecule has 0 fully saturated rings. The highest BCUT2D eigenvalue weighted by molar-refractivity contribution is 6.28. The van der Waals surface area contributed by atoms with Gasteiger partial charge in [-0.1, -0.05) is 182 Å². The molecule has 0 atom stereocenters. The Kier molecular flexibility index (Phi) is 12.3. The van der Waals surface area contributed by atoms with E-state index in [0.717, 1.165) is 176 Å². The molecule has 0 saturated heterocycles. The third-order valence-corrected chi connectivity index (χ3v) is 19.6. The van der Waals surface area contributed by atoms with Gasteiger partial charge in [-0.25, -0.2) is 9.69 Å². The van der Waals surface area contributed by atoms with Crippen LogP contribution >= 0.6 is 0 Å². The third-order valence-electron chi connectivity index (χ3n) is 19.6. The first-order valence-corrected chi connectivity index (χ1v) is 32.2. The topological polar surface area (TPSA) is 102 Å². The molecule has 14 aromatic carbocycles. The van der Waals surface area contributed by atoms with Crippen molar-refractivity contribution < 1.29 is 8.83 Å². The van der Waals surface area contributed by atoms with Gasteiger partial charge in [0, 0.05) is 59.2 Å². The number of hydrogen-bond donors (Lipinski definition) is 0. The van der Waals surface area contributed by atoms with E-state index >= 15 is 0 Å². The number of benzene rings is 14. The first-order valence-electron chi connectivity index (χ1n) is 32.2. The molecule has 6 aromatic heterocycles. The Morgan fingerprint density at radius 1 is 0.265 bits per heavy atom. The number of rotatable bonds is 6. The van der Waals surface area contributed by atoms with E-state index in [-0.39, 0.29) is 0 Å². The summed E-state index contributed by atoms with van der Waals surface area (Å²) in [4.78, 5) is 7.89. The summed E-state index contributed by atoms with van der Waals surface area (Å²) >= 11 is 0. The summed E-state index contributed by atoms with van der Waals surface area (Å²) in [7, 11) is 0. The molecule has 0 amide bonds. The number of furan rings is 2. The minimum atomic E-state index is 0.566. The maximum Gasteiger partial charge on any atom is 0.210 e. The second-order valence-electron chi connectivity index (χ2n) is 24.6. The summed E-state index contributed by atoms with van der Waals surface area (Å²) in [5.41, 5.74) is 20.9. The largest absolute Gasteiger partial charge is 0.456 e. The molecule has 0 unspecified atom stereocenters. The minimum Gasteiger partial charge on any atom is -0.456 e. The highest BCUT2D eigenvalue weighted by Crippen LogP contribution is 2.46. The molecule has 0 aliphatic heterocycles. The molecule has 0 spiro atoms. The van der Waals surface area contributed by atoms with Crippen LogP contribution in [0.4, 0.5) is 11.4 Å². The van der Waals surface area contributed by atoms with Gasteiger partial charge in [0.2, 0.25) is 11.4 Å².